The molecule has 3 saturated heterocycles. The van der Waals surface area contributed by atoms with Gasteiger partial charge in [-0.3, -0.25) is 14.9 Å². The number of ether oxygens (including phenoxy) is 1. The summed E-state index contributed by atoms with van der Waals surface area (Å²) in [5.74, 6) is -1.12. The highest BCUT2D eigenvalue weighted by Crippen LogP contribution is 2.35. The molecule has 9 nitrogen and oxygen atoms in total. The van der Waals surface area contributed by atoms with Crippen LogP contribution in [0.4, 0.5) is 10.1 Å². The Morgan fingerprint density at radius 1 is 1.03 bits per heavy atom. The Hall–Kier alpha value is -1.79. The van der Waals surface area contributed by atoms with Crippen molar-refractivity contribution < 1.29 is 27.5 Å². The fraction of sp³-hybridized carbons (Fsp3) is 0.667. The van der Waals surface area contributed by atoms with Crippen molar-refractivity contribution in [3.63, 3.8) is 0 Å². The zero-order chi connectivity index (χ0) is 22.8. The van der Waals surface area contributed by atoms with Gasteiger partial charge in [-0.05, 0) is 37.1 Å². The van der Waals surface area contributed by atoms with Crippen LogP contribution in [0.5, 0.6) is 0 Å². The summed E-state index contributed by atoms with van der Waals surface area (Å²) in [7, 11) is -3.94. The summed E-state index contributed by atoms with van der Waals surface area (Å²) in [6, 6.07) is 6.82. The minimum Gasteiger partial charge on any atom is -0.381 e. The highest BCUT2D eigenvalue weighted by atomic mass is 32.2. The number of piperazine rings is 1. The van der Waals surface area contributed by atoms with Crippen molar-refractivity contribution in [2.75, 3.05) is 57.4 Å². The molecule has 1 amide bonds. The maximum Gasteiger partial charge on any atom is 0.266 e. The molecule has 1 aromatic rings. The average Bonchev–Trinajstić information content (AvgIpc) is 2.84. The molecule has 0 spiro atoms. The normalized spacial score (nSPS) is 23.8. The molecule has 32 heavy (non-hydrogen) atoms. The Morgan fingerprint density at radius 2 is 1.62 bits per heavy atom. The molecular formula is C21H31FN4O5S. The highest BCUT2D eigenvalue weighted by Gasteiger charge is 2.54. The van der Waals surface area contributed by atoms with Crippen molar-refractivity contribution in [1.82, 2.24) is 14.7 Å². The van der Waals surface area contributed by atoms with Crippen molar-refractivity contribution in [3.8, 4) is 0 Å². The second-order valence-electron chi connectivity index (χ2n) is 8.68. The van der Waals surface area contributed by atoms with Gasteiger partial charge in [-0.2, -0.15) is 0 Å². The number of nitrogens with zero attached hydrogens (tertiary/aromatic N) is 3. The van der Waals surface area contributed by atoms with Crippen molar-refractivity contribution in [3.05, 3.63) is 30.1 Å². The largest absolute Gasteiger partial charge is 0.381 e. The van der Waals surface area contributed by atoms with E-state index in [0.29, 0.717) is 25.9 Å². The quantitative estimate of drug-likeness (QED) is 0.485. The molecular weight excluding hydrogens is 439 g/mol. The van der Waals surface area contributed by atoms with Gasteiger partial charge in [-0.25, -0.2) is 22.6 Å². The third-order valence-corrected chi connectivity index (χ3v) is 9.72. The van der Waals surface area contributed by atoms with E-state index in [-0.39, 0.29) is 37.9 Å². The molecule has 0 radical (unpaired) electrons. The molecule has 1 aromatic carbocycles. The molecule has 3 fully saturated rings. The standard InChI is InChI=1S/C21H31FN4O5S/c22-17-1-3-18(4-2-17)24-11-13-25(14-12-24)19-5-9-26(10-6-19)32(29,30)21(20(27)23-28)7-15-31-16-8-21/h1-4,19,28H,5-16H2,(H,23,27). The molecule has 3 aliphatic heterocycles. The number of piperidine rings is 1. The zero-order valence-electron chi connectivity index (χ0n) is 18.1. The third-order valence-electron chi connectivity index (χ3n) is 7.10. The van der Waals surface area contributed by atoms with Gasteiger partial charge in [0.2, 0.25) is 10.0 Å². The lowest BCUT2D eigenvalue weighted by atomic mass is 9.98. The molecule has 3 heterocycles. The zero-order valence-corrected chi connectivity index (χ0v) is 18.9. The lowest BCUT2D eigenvalue weighted by Crippen LogP contribution is -2.61. The van der Waals surface area contributed by atoms with E-state index >= 15 is 0 Å². The number of hydroxylamine groups is 1. The van der Waals surface area contributed by atoms with Gasteiger partial charge < -0.3 is 9.64 Å². The van der Waals surface area contributed by atoms with Gasteiger partial charge in [0.15, 0.2) is 4.75 Å². The summed E-state index contributed by atoms with van der Waals surface area (Å²) in [5.41, 5.74) is 2.58. The summed E-state index contributed by atoms with van der Waals surface area (Å²) in [5, 5.41) is 9.19. The Kier molecular flexibility index (Phi) is 7.01. The first-order valence-electron chi connectivity index (χ1n) is 11.1. The van der Waals surface area contributed by atoms with Gasteiger partial charge in [0.1, 0.15) is 5.82 Å². The van der Waals surface area contributed by atoms with Crippen molar-refractivity contribution in [2.45, 2.75) is 36.5 Å². The number of anilines is 1. The number of rotatable bonds is 5. The van der Waals surface area contributed by atoms with Crippen LogP contribution in [0, 0.1) is 5.82 Å². The number of hydrogen-bond acceptors (Lipinski definition) is 7. The second kappa shape index (κ2) is 9.60. The first-order chi connectivity index (χ1) is 15.4. The van der Waals surface area contributed by atoms with Gasteiger partial charge in [0, 0.05) is 77.1 Å². The number of carbonyl (C=O) groups excluding carboxylic acids is 1. The fourth-order valence-corrected chi connectivity index (χ4v) is 7.25. The van der Waals surface area contributed by atoms with E-state index in [1.54, 1.807) is 17.6 Å². The molecule has 0 bridgehead atoms. The number of sulfonamides is 1. The number of hydrogen-bond donors (Lipinski definition) is 2. The summed E-state index contributed by atoms with van der Waals surface area (Å²) in [6.45, 7) is 4.45. The van der Waals surface area contributed by atoms with Crippen LogP contribution in [0.1, 0.15) is 25.7 Å². The minimum absolute atomic E-state index is 0.0347. The van der Waals surface area contributed by atoms with E-state index in [2.05, 4.69) is 9.80 Å². The van der Waals surface area contributed by atoms with Crippen LogP contribution < -0.4 is 10.4 Å². The van der Waals surface area contributed by atoms with Gasteiger partial charge in [0.05, 0.1) is 0 Å². The number of nitrogens with one attached hydrogen (secondary N) is 1. The maximum atomic E-state index is 13.4. The molecule has 0 aliphatic carbocycles. The van der Waals surface area contributed by atoms with Crippen LogP contribution in [0.25, 0.3) is 0 Å². The Balaban J connectivity index is 1.35. The van der Waals surface area contributed by atoms with Crippen molar-refractivity contribution in [1.29, 1.82) is 0 Å². The molecule has 0 atom stereocenters. The van der Waals surface area contributed by atoms with Gasteiger partial charge in [-0.15, -0.1) is 0 Å². The first kappa shape index (κ1) is 23.4. The average molecular weight is 471 g/mol. The molecule has 0 unspecified atom stereocenters. The topological polar surface area (TPSA) is 102 Å². The predicted molar refractivity (Wildman–Crippen MR) is 116 cm³/mol. The van der Waals surface area contributed by atoms with Crippen LogP contribution in [0.2, 0.25) is 0 Å². The summed E-state index contributed by atoms with van der Waals surface area (Å²) in [6.07, 6.45) is 1.46. The predicted octanol–water partition coefficient (Wildman–Crippen LogP) is 0.797. The van der Waals surface area contributed by atoms with Crippen LogP contribution in [-0.2, 0) is 19.6 Å². The number of benzene rings is 1. The lowest BCUT2D eigenvalue weighted by molar-refractivity contribution is -0.134. The van der Waals surface area contributed by atoms with Crippen molar-refractivity contribution in [2.24, 2.45) is 0 Å². The fourth-order valence-electron chi connectivity index (χ4n) is 5.10. The van der Waals surface area contributed by atoms with Crippen molar-refractivity contribution >= 4 is 21.6 Å². The molecule has 2 N–H and O–H groups in total. The summed E-state index contributed by atoms with van der Waals surface area (Å²) < 4.78 is 45.0. The number of carbonyl (C=O) groups is 1. The smallest absolute Gasteiger partial charge is 0.266 e. The molecule has 0 aromatic heterocycles. The van der Waals surface area contributed by atoms with E-state index in [1.165, 1.54) is 16.4 Å². The van der Waals surface area contributed by atoms with E-state index in [1.807, 2.05) is 0 Å². The monoisotopic (exact) mass is 470 g/mol. The van der Waals surface area contributed by atoms with E-state index in [9.17, 15) is 22.8 Å². The Labute approximate surface area is 188 Å². The Bertz CT molecular complexity index is 891. The van der Waals surface area contributed by atoms with Crippen LogP contribution in [0.3, 0.4) is 0 Å². The molecule has 178 valence electrons. The second-order valence-corrected chi connectivity index (χ2v) is 10.9. The molecule has 0 saturated carbocycles. The van der Waals surface area contributed by atoms with Crippen LogP contribution in [-0.4, -0.2) is 92.0 Å². The molecule has 4 rings (SSSR count). The lowest BCUT2D eigenvalue weighted by Gasteiger charge is -2.45. The van der Waals surface area contributed by atoms with Gasteiger partial charge in [-0.1, -0.05) is 0 Å². The van der Waals surface area contributed by atoms with E-state index < -0.39 is 20.7 Å². The SMILES string of the molecule is O=C(NO)C1(S(=O)(=O)N2CCC(N3CCN(c4ccc(F)cc4)CC3)CC2)CCOCC1. The highest BCUT2D eigenvalue weighted by molar-refractivity contribution is 7.91. The van der Waals surface area contributed by atoms with Crippen LogP contribution >= 0.6 is 0 Å². The summed E-state index contributed by atoms with van der Waals surface area (Å²) in [4.78, 5) is 17.0. The van der Waals surface area contributed by atoms with Crippen LogP contribution in [0.15, 0.2) is 24.3 Å². The maximum absolute atomic E-state index is 13.4. The van der Waals surface area contributed by atoms with Gasteiger partial charge >= 0.3 is 0 Å². The minimum atomic E-state index is -3.94. The van der Waals surface area contributed by atoms with E-state index in [0.717, 1.165) is 31.9 Å². The molecule has 11 heteroatoms. The first-order valence-corrected chi connectivity index (χ1v) is 12.6. The number of amides is 1. The van der Waals surface area contributed by atoms with E-state index in [4.69, 9.17) is 4.74 Å². The van der Waals surface area contributed by atoms with Gasteiger partial charge in [0.25, 0.3) is 5.91 Å². The Morgan fingerprint density at radius 3 is 2.19 bits per heavy atom. The molecule has 3 aliphatic rings. The number of halogens is 1. The third kappa shape index (κ3) is 4.36. The summed E-state index contributed by atoms with van der Waals surface area (Å²) >= 11 is 0.